The molecule has 0 radical (unpaired) electrons. The van der Waals surface area contributed by atoms with E-state index >= 15 is 0 Å². The molecule has 1 unspecified atom stereocenters. The Balaban J connectivity index is 2.17. The number of amides is 1. The highest BCUT2D eigenvalue weighted by Crippen LogP contribution is 2.10. The molecule has 0 spiro atoms. The molecule has 2 rings (SSSR count). The smallest absolute Gasteiger partial charge is 0.328 e. The summed E-state index contributed by atoms with van der Waals surface area (Å²) in [5.41, 5.74) is 0. The third kappa shape index (κ3) is 2.33. The second-order valence-electron chi connectivity index (χ2n) is 3.89. The van der Waals surface area contributed by atoms with Gasteiger partial charge in [-0.1, -0.05) is 6.92 Å². The number of aliphatic carboxylic acids is 1. The fraction of sp³-hybridized carbons (Fsp3) is 0.600. The minimum absolute atomic E-state index is 0.000000000000000222. The molecule has 1 amide bonds. The van der Waals surface area contributed by atoms with Gasteiger partial charge in [-0.2, -0.15) is 0 Å². The van der Waals surface area contributed by atoms with Gasteiger partial charge >= 0.3 is 5.97 Å². The maximum absolute atomic E-state index is 12.1. The predicted molar refractivity (Wildman–Crippen MR) is 59.0 cm³/mol. The van der Waals surface area contributed by atoms with Crippen LogP contribution in [-0.4, -0.2) is 62.9 Å². The summed E-state index contributed by atoms with van der Waals surface area (Å²) in [7, 11) is 0. The molecule has 1 saturated heterocycles. The number of carbonyl (C=O) groups excluding carboxylic acids is 1. The van der Waals surface area contributed by atoms with Crippen molar-refractivity contribution in [2.45, 2.75) is 19.4 Å². The van der Waals surface area contributed by atoms with E-state index in [2.05, 4.69) is 15.2 Å². The lowest BCUT2D eigenvalue weighted by molar-refractivity contribution is -0.147. The van der Waals surface area contributed by atoms with Crippen molar-refractivity contribution in [1.29, 1.82) is 0 Å². The van der Waals surface area contributed by atoms with Crippen LogP contribution in [0.3, 0.4) is 0 Å². The first-order valence-electron chi connectivity index (χ1n) is 5.66. The number of aromatic amines is 1. The van der Waals surface area contributed by atoms with E-state index in [-0.39, 0.29) is 19.0 Å². The van der Waals surface area contributed by atoms with Crippen LogP contribution >= 0.6 is 0 Å². The normalized spacial score (nSPS) is 19.8. The highest BCUT2D eigenvalue weighted by Gasteiger charge is 2.34. The quantitative estimate of drug-likeness (QED) is 0.737. The van der Waals surface area contributed by atoms with Gasteiger partial charge in [0.1, 0.15) is 5.82 Å². The Bertz CT molecular complexity index is 458. The van der Waals surface area contributed by atoms with Crippen molar-refractivity contribution in [2.75, 3.05) is 19.8 Å². The molecule has 98 valence electrons. The number of rotatable bonds is 3. The van der Waals surface area contributed by atoms with Crippen molar-refractivity contribution < 1.29 is 19.4 Å². The van der Waals surface area contributed by atoms with E-state index in [1.807, 2.05) is 6.92 Å². The van der Waals surface area contributed by atoms with E-state index in [4.69, 9.17) is 9.84 Å². The van der Waals surface area contributed by atoms with E-state index < -0.39 is 17.9 Å². The number of carboxylic acids is 1. The van der Waals surface area contributed by atoms with E-state index in [9.17, 15) is 9.59 Å². The summed E-state index contributed by atoms with van der Waals surface area (Å²) >= 11 is 0. The second-order valence-corrected chi connectivity index (χ2v) is 3.89. The number of ether oxygens (including phenoxy) is 1. The van der Waals surface area contributed by atoms with Gasteiger partial charge in [0.15, 0.2) is 6.04 Å². The van der Waals surface area contributed by atoms with E-state index in [0.717, 1.165) is 0 Å². The Morgan fingerprint density at radius 1 is 1.61 bits per heavy atom. The summed E-state index contributed by atoms with van der Waals surface area (Å²) in [6, 6.07) is -0.977. The molecule has 1 aliphatic heterocycles. The summed E-state index contributed by atoms with van der Waals surface area (Å²) < 4.78 is 5.06. The average Bonchev–Trinajstić information content (AvgIpc) is 2.86. The number of H-pyrrole nitrogens is 1. The van der Waals surface area contributed by atoms with Crippen LogP contribution in [0.2, 0.25) is 0 Å². The third-order valence-electron chi connectivity index (χ3n) is 2.73. The van der Waals surface area contributed by atoms with E-state index in [0.29, 0.717) is 18.9 Å². The van der Waals surface area contributed by atoms with Gasteiger partial charge in [-0.15, -0.1) is 5.10 Å². The van der Waals surface area contributed by atoms with Crippen molar-refractivity contribution in [3.63, 3.8) is 0 Å². The van der Waals surface area contributed by atoms with Crippen LogP contribution in [0.15, 0.2) is 0 Å². The van der Waals surface area contributed by atoms with Crippen LogP contribution in [0.1, 0.15) is 23.4 Å². The predicted octanol–water partition coefficient (Wildman–Crippen LogP) is -0.707. The zero-order valence-corrected chi connectivity index (χ0v) is 9.92. The number of morpholine rings is 1. The van der Waals surface area contributed by atoms with Gasteiger partial charge in [0.05, 0.1) is 13.2 Å². The fourth-order valence-corrected chi connectivity index (χ4v) is 1.73. The number of carbonyl (C=O) groups is 2. The Hall–Kier alpha value is -1.96. The number of hydrogen-bond acceptors (Lipinski definition) is 5. The minimum atomic E-state index is -1.09. The summed E-state index contributed by atoms with van der Waals surface area (Å²) in [5, 5.41) is 15.5. The number of carboxylic acid groups (broad SMARTS) is 1. The van der Waals surface area contributed by atoms with Crippen LogP contribution in [0.4, 0.5) is 0 Å². The summed E-state index contributed by atoms with van der Waals surface area (Å²) in [6.07, 6.45) is 0.631. The first-order valence-corrected chi connectivity index (χ1v) is 5.66. The monoisotopic (exact) mass is 254 g/mol. The van der Waals surface area contributed by atoms with Gasteiger partial charge in [0, 0.05) is 13.0 Å². The number of hydrogen-bond donors (Lipinski definition) is 2. The van der Waals surface area contributed by atoms with Crippen LogP contribution in [-0.2, 0) is 16.0 Å². The molecule has 8 nitrogen and oxygen atoms in total. The summed E-state index contributed by atoms with van der Waals surface area (Å²) in [4.78, 5) is 28.4. The Labute approximate surface area is 103 Å². The highest BCUT2D eigenvalue weighted by atomic mass is 16.5. The zero-order valence-electron chi connectivity index (χ0n) is 9.92. The Morgan fingerprint density at radius 3 is 3.00 bits per heavy atom. The molecule has 0 aliphatic carbocycles. The van der Waals surface area contributed by atoms with E-state index in [1.165, 1.54) is 4.90 Å². The molecule has 0 saturated carbocycles. The summed E-state index contributed by atoms with van der Waals surface area (Å²) in [6.45, 7) is 2.42. The lowest BCUT2D eigenvalue weighted by Crippen LogP contribution is -2.52. The minimum Gasteiger partial charge on any atom is -0.480 e. The number of aryl methyl sites for hydroxylation is 1. The standard InChI is InChI=1S/C10H14N4O4/c1-2-7-11-8(13-12-7)9(15)14-3-4-18-5-6(14)10(16)17/h6H,2-5H2,1H3,(H,16,17)(H,11,12,13). The molecule has 1 fully saturated rings. The zero-order chi connectivity index (χ0) is 13.1. The van der Waals surface area contributed by atoms with Gasteiger partial charge in [0.25, 0.3) is 5.91 Å². The van der Waals surface area contributed by atoms with Gasteiger partial charge in [-0.3, -0.25) is 9.89 Å². The second kappa shape index (κ2) is 5.13. The molecule has 0 aromatic carbocycles. The average molecular weight is 254 g/mol. The molecular weight excluding hydrogens is 240 g/mol. The Morgan fingerprint density at radius 2 is 2.39 bits per heavy atom. The first kappa shape index (κ1) is 12.5. The number of nitrogens with one attached hydrogen (secondary N) is 1. The van der Waals surface area contributed by atoms with E-state index in [1.54, 1.807) is 0 Å². The SMILES string of the molecule is CCc1nc(C(=O)N2CCOCC2C(=O)O)n[nH]1. The van der Waals surface area contributed by atoms with Gasteiger partial charge in [0.2, 0.25) is 5.82 Å². The van der Waals surface area contributed by atoms with Crippen molar-refractivity contribution in [3.05, 3.63) is 11.6 Å². The maximum atomic E-state index is 12.1. The maximum Gasteiger partial charge on any atom is 0.328 e. The van der Waals surface area contributed by atoms with Crippen LogP contribution in [0.5, 0.6) is 0 Å². The van der Waals surface area contributed by atoms with Gasteiger partial charge in [-0.05, 0) is 0 Å². The molecular formula is C10H14N4O4. The first-order chi connectivity index (χ1) is 8.63. The Kier molecular flexibility index (Phi) is 3.56. The van der Waals surface area contributed by atoms with Crippen molar-refractivity contribution in [1.82, 2.24) is 20.1 Å². The fourth-order valence-electron chi connectivity index (χ4n) is 1.73. The van der Waals surface area contributed by atoms with Crippen LogP contribution in [0.25, 0.3) is 0 Å². The molecule has 1 atom stereocenters. The largest absolute Gasteiger partial charge is 0.480 e. The number of aromatic nitrogens is 3. The molecule has 2 N–H and O–H groups in total. The van der Waals surface area contributed by atoms with Crippen molar-refractivity contribution in [2.24, 2.45) is 0 Å². The molecule has 0 bridgehead atoms. The van der Waals surface area contributed by atoms with Gasteiger partial charge in [-0.25, -0.2) is 9.78 Å². The molecule has 2 heterocycles. The molecule has 1 aliphatic rings. The lowest BCUT2D eigenvalue weighted by Gasteiger charge is -2.31. The number of nitrogens with zero attached hydrogens (tertiary/aromatic N) is 3. The molecule has 8 heteroatoms. The van der Waals surface area contributed by atoms with Crippen molar-refractivity contribution in [3.8, 4) is 0 Å². The molecule has 1 aromatic rings. The molecule has 18 heavy (non-hydrogen) atoms. The topological polar surface area (TPSA) is 108 Å². The van der Waals surface area contributed by atoms with Gasteiger partial charge < -0.3 is 14.7 Å². The van der Waals surface area contributed by atoms with Crippen molar-refractivity contribution >= 4 is 11.9 Å². The third-order valence-corrected chi connectivity index (χ3v) is 2.73. The summed E-state index contributed by atoms with van der Waals surface area (Å²) in [5.74, 6) is -0.977. The van der Waals surface area contributed by atoms with Crippen LogP contribution < -0.4 is 0 Å². The molecule has 1 aromatic heterocycles. The lowest BCUT2D eigenvalue weighted by atomic mass is 10.2. The van der Waals surface area contributed by atoms with Crippen LogP contribution in [0, 0.1) is 0 Å². The highest BCUT2D eigenvalue weighted by molar-refractivity contribution is 5.93.